The highest BCUT2D eigenvalue weighted by Gasteiger charge is 2.30. The number of hydrogen-bond donors (Lipinski definition) is 1. The number of aromatic nitrogens is 1. The lowest BCUT2D eigenvalue weighted by Gasteiger charge is -2.06. The van der Waals surface area contributed by atoms with E-state index in [2.05, 4.69) is 10.3 Å². The molecule has 0 aliphatic heterocycles. The van der Waals surface area contributed by atoms with Gasteiger partial charge in [0.25, 0.3) is 0 Å². The molecule has 1 aromatic heterocycles. The van der Waals surface area contributed by atoms with Gasteiger partial charge >= 0.3 is 6.18 Å². The summed E-state index contributed by atoms with van der Waals surface area (Å²) in [5, 5.41) is 6.21. The van der Waals surface area contributed by atoms with E-state index in [0.717, 1.165) is 41.8 Å². The zero-order chi connectivity index (χ0) is 14.9. The van der Waals surface area contributed by atoms with E-state index in [0.29, 0.717) is 5.56 Å². The number of nitrogens with one attached hydrogen (secondary N) is 1. The average molecular weight is 312 g/mol. The maximum atomic E-state index is 12.5. The van der Waals surface area contributed by atoms with E-state index in [-0.39, 0.29) is 0 Å². The number of hydrogen-bond acceptors (Lipinski definition) is 3. The van der Waals surface area contributed by atoms with Crippen LogP contribution in [-0.4, -0.2) is 11.5 Å². The summed E-state index contributed by atoms with van der Waals surface area (Å²) in [5.41, 5.74) is 0.817. The molecule has 2 nitrogen and oxygen atoms in total. The molecule has 1 fully saturated rings. The predicted molar refractivity (Wildman–Crippen MR) is 77.0 cm³/mol. The van der Waals surface area contributed by atoms with Crippen LogP contribution in [0.1, 0.15) is 23.4 Å². The van der Waals surface area contributed by atoms with E-state index in [4.69, 9.17) is 0 Å². The van der Waals surface area contributed by atoms with Crippen LogP contribution < -0.4 is 5.32 Å². The van der Waals surface area contributed by atoms with Crippen LogP contribution in [0.25, 0.3) is 11.3 Å². The Morgan fingerprint density at radius 2 is 1.90 bits per heavy atom. The summed E-state index contributed by atoms with van der Waals surface area (Å²) in [7, 11) is 0. The zero-order valence-corrected chi connectivity index (χ0v) is 12.1. The van der Waals surface area contributed by atoms with Crippen molar-refractivity contribution >= 4 is 11.3 Å². The molecule has 112 valence electrons. The van der Waals surface area contributed by atoms with Gasteiger partial charge in [-0.05, 0) is 37.4 Å². The molecule has 0 saturated heterocycles. The molecule has 1 heterocycles. The number of benzene rings is 1. The van der Waals surface area contributed by atoms with Crippen molar-refractivity contribution in [1.82, 2.24) is 10.3 Å². The second-order valence-corrected chi connectivity index (χ2v) is 6.22. The summed E-state index contributed by atoms with van der Waals surface area (Å²) >= 11 is 1.53. The second-order valence-electron chi connectivity index (χ2n) is 5.28. The molecule has 0 unspecified atom stereocenters. The first-order chi connectivity index (χ1) is 10.0. The van der Waals surface area contributed by atoms with Gasteiger partial charge in [0.15, 0.2) is 0 Å². The van der Waals surface area contributed by atoms with Crippen molar-refractivity contribution in [1.29, 1.82) is 0 Å². The zero-order valence-electron chi connectivity index (χ0n) is 11.3. The Bertz CT molecular complexity index is 600. The molecule has 1 aliphatic rings. The van der Waals surface area contributed by atoms with E-state index in [9.17, 15) is 13.2 Å². The van der Waals surface area contributed by atoms with Crippen molar-refractivity contribution in [3.05, 3.63) is 40.2 Å². The van der Waals surface area contributed by atoms with Crippen LogP contribution in [0, 0.1) is 5.92 Å². The maximum Gasteiger partial charge on any atom is 0.416 e. The van der Waals surface area contributed by atoms with E-state index in [1.54, 1.807) is 0 Å². The molecule has 0 amide bonds. The molecule has 2 aromatic rings. The van der Waals surface area contributed by atoms with Crippen molar-refractivity contribution in [3.63, 3.8) is 0 Å². The predicted octanol–water partition coefficient (Wildman–Crippen LogP) is 4.33. The van der Waals surface area contributed by atoms with E-state index >= 15 is 0 Å². The van der Waals surface area contributed by atoms with Gasteiger partial charge in [-0.2, -0.15) is 13.2 Å². The molecule has 6 heteroatoms. The van der Waals surface area contributed by atoms with Gasteiger partial charge in [-0.25, -0.2) is 4.98 Å². The van der Waals surface area contributed by atoms with Crippen LogP contribution >= 0.6 is 11.3 Å². The van der Waals surface area contributed by atoms with Gasteiger partial charge in [-0.15, -0.1) is 11.3 Å². The lowest BCUT2D eigenvalue weighted by molar-refractivity contribution is -0.137. The van der Waals surface area contributed by atoms with Gasteiger partial charge in [0, 0.05) is 17.5 Å². The van der Waals surface area contributed by atoms with E-state index in [1.165, 1.54) is 36.3 Å². The topological polar surface area (TPSA) is 24.9 Å². The summed E-state index contributed by atoms with van der Waals surface area (Å²) in [5.74, 6) is 0.819. The van der Waals surface area contributed by atoms with Crippen molar-refractivity contribution in [3.8, 4) is 11.3 Å². The summed E-state index contributed by atoms with van der Waals surface area (Å²) < 4.78 is 37.5. The molecule has 1 N–H and O–H groups in total. The third kappa shape index (κ3) is 3.83. The van der Waals surface area contributed by atoms with Crippen molar-refractivity contribution in [2.24, 2.45) is 5.92 Å². The fourth-order valence-electron chi connectivity index (χ4n) is 2.06. The lowest BCUT2D eigenvalue weighted by Crippen LogP contribution is -2.15. The van der Waals surface area contributed by atoms with Gasteiger partial charge in [0.05, 0.1) is 11.3 Å². The Hall–Kier alpha value is -1.40. The smallest absolute Gasteiger partial charge is 0.310 e. The van der Waals surface area contributed by atoms with Crippen LogP contribution in [0.4, 0.5) is 13.2 Å². The molecule has 21 heavy (non-hydrogen) atoms. The highest BCUT2D eigenvalue weighted by atomic mass is 32.1. The fourth-order valence-corrected chi connectivity index (χ4v) is 2.83. The van der Waals surface area contributed by atoms with Crippen LogP contribution in [0.2, 0.25) is 0 Å². The summed E-state index contributed by atoms with van der Waals surface area (Å²) in [6.45, 7) is 1.75. The number of halogens is 3. The van der Waals surface area contributed by atoms with Gasteiger partial charge in [-0.1, -0.05) is 12.1 Å². The number of rotatable bonds is 5. The van der Waals surface area contributed by atoms with Crippen LogP contribution in [0.5, 0.6) is 0 Å². The maximum absolute atomic E-state index is 12.5. The number of nitrogens with zero attached hydrogens (tertiary/aromatic N) is 1. The molecule has 3 rings (SSSR count). The lowest BCUT2D eigenvalue weighted by atomic mass is 10.1. The van der Waals surface area contributed by atoms with Crippen molar-refractivity contribution in [2.45, 2.75) is 25.6 Å². The number of thiazole rings is 1. The quantitative estimate of drug-likeness (QED) is 0.889. The summed E-state index contributed by atoms with van der Waals surface area (Å²) in [4.78, 5) is 4.46. The highest BCUT2D eigenvalue weighted by Crippen LogP contribution is 2.31. The Balaban J connectivity index is 1.64. The second kappa shape index (κ2) is 5.77. The van der Waals surface area contributed by atoms with E-state index in [1.807, 2.05) is 5.38 Å². The molecular weight excluding hydrogens is 297 g/mol. The number of alkyl halides is 3. The highest BCUT2D eigenvalue weighted by molar-refractivity contribution is 7.09. The fraction of sp³-hybridized carbons (Fsp3) is 0.400. The first-order valence-electron chi connectivity index (χ1n) is 6.85. The molecule has 1 aliphatic carbocycles. The molecule has 0 radical (unpaired) electrons. The third-order valence-electron chi connectivity index (χ3n) is 3.47. The third-order valence-corrected chi connectivity index (χ3v) is 4.31. The summed E-state index contributed by atoms with van der Waals surface area (Å²) in [6, 6.07) is 5.14. The Morgan fingerprint density at radius 3 is 2.52 bits per heavy atom. The molecule has 0 bridgehead atoms. The standard InChI is InChI=1S/C15H15F3N2S/c16-15(17,18)12-5-3-11(4-6-12)13-9-21-14(20-13)8-19-7-10-1-2-10/h3-6,9-10,19H,1-2,7-8H2. The first kappa shape index (κ1) is 14.5. The Kier molecular flexibility index (Phi) is 3.99. The largest absolute Gasteiger partial charge is 0.416 e. The van der Waals surface area contributed by atoms with Crippen LogP contribution in [-0.2, 0) is 12.7 Å². The van der Waals surface area contributed by atoms with E-state index < -0.39 is 11.7 Å². The summed E-state index contributed by atoms with van der Waals surface area (Å²) in [6.07, 6.45) is -1.68. The normalized spacial score (nSPS) is 15.4. The minimum atomic E-state index is -4.29. The van der Waals surface area contributed by atoms with Gasteiger partial charge < -0.3 is 5.32 Å². The Morgan fingerprint density at radius 1 is 1.19 bits per heavy atom. The minimum Gasteiger partial charge on any atom is -0.310 e. The average Bonchev–Trinajstić information content (AvgIpc) is 3.14. The van der Waals surface area contributed by atoms with Crippen molar-refractivity contribution < 1.29 is 13.2 Å². The SMILES string of the molecule is FC(F)(F)c1ccc(-c2csc(CNCC3CC3)n2)cc1. The van der Waals surface area contributed by atoms with Gasteiger partial charge in [-0.3, -0.25) is 0 Å². The Labute approximate surface area is 125 Å². The monoisotopic (exact) mass is 312 g/mol. The van der Waals surface area contributed by atoms with Crippen LogP contribution in [0.15, 0.2) is 29.6 Å². The van der Waals surface area contributed by atoms with Gasteiger partial charge in [0.2, 0.25) is 0 Å². The molecule has 1 saturated carbocycles. The van der Waals surface area contributed by atoms with Gasteiger partial charge in [0.1, 0.15) is 5.01 Å². The minimum absolute atomic E-state index is 0.632. The molecule has 1 aromatic carbocycles. The molecular formula is C15H15F3N2S. The van der Waals surface area contributed by atoms with Crippen LogP contribution in [0.3, 0.4) is 0 Å². The van der Waals surface area contributed by atoms with Crippen molar-refractivity contribution in [2.75, 3.05) is 6.54 Å². The first-order valence-corrected chi connectivity index (χ1v) is 7.73. The molecule has 0 atom stereocenters. The molecule has 0 spiro atoms.